The largest absolute Gasteiger partial charge is 0.285 e. The van der Waals surface area contributed by atoms with E-state index in [1.165, 1.54) is 0 Å². The van der Waals surface area contributed by atoms with Gasteiger partial charge in [0.25, 0.3) is 5.95 Å². The highest BCUT2D eigenvalue weighted by Gasteiger charge is 2.03. The molecule has 1 heterocycles. The normalized spacial score (nSPS) is 9.50. The van der Waals surface area contributed by atoms with Crippen molar-refractivity contribution in [1.29, 1.82) is 0 Å². The molecular weight excluding hydrogens is 160 g/mol. The number of anilines is 1. The van der Waals surface area contributed by atoms with Crippen LogP contribution in [0.3, 0.4) is 0 Å². The fraction of sp³-hybridized carbons (Fsp3) is 0.333. The van der Waals surface area contributed by atoms with Crippen LogP contribution in [0.1, 0.15) is 11.4 Å². The molecule has 1 aromatic rings. The number of aryl methyl sites for hydroxylation is 2. The molecule has 0 unspecified atom stereocenters. The Kier molecular flexibility index (Phi) is 2.18. The molecule has 0 saturated heterocycles. The summed E-state index contributed by atoms with van der Waals surface area (Å²) in [5.41, 5.74) is 3.29. The van der Waals surface area contributed by atoms with Gasteiger partial charge in [0.2, 0.25) is 0 Å². The Morgan fingerprint density at radius 3 is 2.33 bits per heavy atom. The van der Waals surface area contributed by atoms with Crippen molar-refractivity contribution in [3.05, 3.63) is 27.6 Å². The van der Waals surface area contributed by atoms with Gasteiger partial charge in [0.1, 0.15) is 0 Å². The van der Waals surface area contributed by atoms with Crippen LogP contribution in [0.15, 0.2) is 6.07 Å². The lowest BCUT2D eigenvalue weighted by Gasteiger charge is -1.98. The van der Waals surface area contributed by atoms with E-state index in [1.54, 1.807) is 19.9 Å². The summed E-state index contributed by atoms with van der Waals surface area (Å²) in [5, 5.41) is 9.32. The van der Waals surface area contributed by atoms with Crippen LogP contribution < -0.4 is 5.43 Å². The van der Waals surface area contributed by atoms with Crippen molar-refractivity contribution in [2.45, 2.75) is 13.8 Å². The third-order valence-electron chi connectivity index (χ3n) is 1.17. The highest BCUT2D eigenvalue weighted by molar-refractivity contribution is 5.24. The molecule has 0 aromatic carbocycles. The first-order chi connectivity index (χ1) is 5.58. The Labute approximate surface area is 68.8 Å². The molecule has 0 aliphatic heterocycles. The summed E-state index contributed by atoms with van der Waals surface area (Å²) in [4.78, 5) is 17.6. The van der Waals surface area contributed by atoms with Gasteiger partial charge in [-0.25, -0.2) is 20.1 Å². The van der Waals surface area contributed by atoms with Gasteiger partial charge >= 0.3 is 0 Å². The number of nitro groups is 1. The third kappa shape index (κ3) is 2.15. The Bertz CT molecular complexity index is 292. The van der Waals surface area contributed by atoms with Gasteiger partial charge in [0.15, 0.2) is 5.03 Å². The predicted octanol–water partition coefficient (Wildman–Crippen LogP) is 0.697. The summed E-state index contributed by atoms with van der Waals surface area (Å²) in [7, 11) is 0. The fourth-order valence-electron chi connectivity index (χ4n) is 0.858. The van der Waals surface area contributed by atoms with Gasteiger partial charge < -0.3 is 0 Å². The predicted molar refractivity (Wildman–Crippen MR) is 42.1 cm³/mol. The maximum atomic E-state index is 10.0. The molecule has 64 valence electrons. The number of hydrazine groups is 1. The van der Waals surface area contributed by atoms with Crippen LogP contribution in [-0.2, 0) is 0 Å². The molecule has 0 saturated carbocycles. The molecule has 0 bridgehead atoms. The van der Waals surface area contributed by atoms with Crippen molar-refractivity contribution >= 4 is 5.95 Å². The topological polar surface area (TPSA) is 81.0 Å². The van der Waals surface area contributed by atoms with Crippen LogP contribution >= 0.6 is 0 Å². The molecule has 0 atom stereocenters. The van der Waals surface area contributed by atoms with Crippen LogP contribution in [0.4, 0.5) is 5.95 Å². The standard InChI is InChI=1S/C6H8N4O2/c1-4-3-5(2)8-6(7-4)9-10(11)12/h3H,1-2H3,(H,7,8,9). The second-order valence-electron chi connectivity index (χ2n) is 2.34. The van der Waals surface area contributed by atoms with Gasteiger partial charge in [-0.3, -0.25) is 0 Å². The number of rotatable bonds is 2. The van der Waals surface area contributed by atoms with Gasteiger partial charge in [-0.1, -0.05) is 5.43 Å². The van der Waals surface area contributed by atoms with Crippen LogP contribution in [0, 0.1) is 24.0 Å². The van der Waals surface area contributed by atoms with Crippen LogP contribution in [0.25, 0.3) is 0 Å². The molecular formula is C6H8N4O2. The SMILES string of the molecule is Cc1cc(C)nc(N[N+](=O)[O-])n1. The first kappa shape index (κ1) is 8.38. The Balaban J connectivity index is 2.93. The Morgan fingerprint density at radius 2 is 1.92 bits per heavy atom. The van der Waals surface area contributed by atoms with E-state index in [4.69, 9.17) is 0 Å². The van der Waals surface area contributed by atoms with Crippen molar-refractivity contribution in [3.63, 3.8) is 0 Å². The second-order valence-corrected chi connectivity index (χ2v) is 2.34. The van der Waals surface area contributed by atoms with E-state index in [0.717, 1.165) is 0 Å². The minimum atomic E-state index is -0.686. The second kappa shape index (κ2) is 3.12. The summed E-state index contributed by atoms with van der Waals surface area (Å²) in [6.07, 6.45) is 0. The lowest BCUT2D eigenvalue weighted by Crippen LogP contribution is -2.11. The summed E-state index contributed by atoms with van der Waals surface area (Å²) in [5.74, 6) is 0.0255. The minimum absolute atomic E-state index is 0.0255. The average Bonchev–Trinajstić information content (AvgIpc) is 1.81. The number of nitrogens with zero attached hydrogens (tertiary/aromatic N) is 3. The van der Waals surface area contributed by atoms with Gasteiger partial charge in [0, 0.05) is 11.4 Å². The zero-order valence-electron chi connectivity index (χ0n) is 6.74. The van der Waals surface area contributed by atoms with E-state index in [0.29, 0.717) is 11.4 Å². The van der Waals surface area contributed by atoms with Crippen LogP contribution in [-0.4, -0.2) is 15.0 Å². The number of aromatic nitrogens is 2. The summed E-state index contributed by atoms with van der Waals surface area (Å²) < 4.78 is 0. The Hall–Kier alpha value is -1.72. The molecule has 0 aliphatic rings. The van der Waals surface area contributed by atoms with Crippen LogP contribution in [0.5, 0.6) is 0 Å². The average molecular weight is 168 g/mol. The summed E-state index contributed by atoms with van der Waals surface area (Å²) >= 11 is 0. The van der Waals surface area contributed by atoms with Crippen molar-refractivity contribution < 1.29 is 5.03 Å². The molecule has 0 spiro atoms. The summed E-state index contributed by atoms with van der Waals surface area (Å²) in [6.45, 7) is 3.50. The van der Waals surface area contributed by atoms with E-state index in [-0.39, 0.29) is 5.95 Å². The lowest BCUT2D eigenvalue weighted by molar-refractivity contribution is -0.446. The molecule has 1 N–H and O–H groups in total. The van der Waals surface area contributed by atoms with E-state index < -0.39 is 5.03 Å². The maximum absolute atomic E-state index is 10.0. The van der Waals surface area contributed by atoms with E-state index in [1.807, 2.05) is 5.43 Å². The quantitative estimate of drug-likeness (QED) is 0.519. The Morgan fingerprint density at radius 1 is 1.42 bits per heavy atom. The molecule has 1 rings (SSSR count). The van der Waals surface area contributed by atoms with Crippen molar-refractivity contribution in [2.75, 3.05) is 5.43 Å². The molecule has 0 fully saturated rings. The highest BCUT2D eigenvalue weighted by atomic mass is 16.7. The smallest absolute Gasteiger partial charge is 0.234 e. The molecule has 12 heavy (non-hydrogen) atoms. The first-order valence-corrected chi connectivity index (χ1v) is 3.31. The summed E-state index contributed by atoms with van der Waals surface area (Å²) in [6, 6.07) is 1.74. The van der Waals surface area contributed by atoms with Gasteiger partial charge in [0.05, 0.1) is 0 Å². The molecule has 6 heteroatoms. The maximum Gasteiger partial charge on any atom is 0.285 e. The van der Waals surface area contributed by atoms with Gasteiger partial charge in [-0.15, -0.1) is 0 Å². The third-order valence-corrected chi connectivity index (χ3v) is 1.17. The number of hydrogen-bond acceptors (Lipinski definition) is 4. The molecule has 1 aromatic heterocycles. The monoisotopic (exact) mass is 168 g/mol. The van der Waals surface area contributed by atoms with Crippen molar-refractivity contribution in [3.8, 4) is 0 Å². The number of hydrogen-bond donors (Lipinski definition) is 1. The van der Waals surface area contributed by atoms with Crippen molar-refractivity contribution in [1.82, 2.24) is 9.97 Å². The highest BCUT2D eigenvalue weighted by Crippen LogP contribution is 2.02. The fourth-order valence-corrected chi connectivity index (χ4v) is 0.858. The van der Waals surface area contributed by atoms with E-state index in [2.05, 4.69) is 9.97 Å². The molecule has 0 radical (unpaired) electrons. The minimum Gasteiger partial charge on any atom is -0.234 e. The first-order valence-electron chi connectivity index (χ1n) is 3.31. The molecule has 6 nitrogen and oxygen atoms in total. The molecule has 0 aliphatic carbocycles. The van der Waals surface area contributed by atoms with Gasteiger partial charge in [-0.2, -0.15) is 0 Å². The number of nitrogens with one attached hydrogen (secondary N) is 1. The van der Waals surface area contributed by atoms with E-state index >= 15 is 0 Å². The van der Waals surface area contributed by atoms with Gasteiger partial charge in [-0.05, 0) is 19.9 Å². The zero-order chi connectivity index (χ0) is 9.14. The molecule has 0 amide bonds. The van der Waals surface area contributed by atoms with Crippen molar-refractivity contribution in [2.24, 2.45) is 0 Å². The zero-order valence-corrected chi connectivity index (χ0v) is 6.74. The van der Waals surface area contributed by atoms with E-state index in [9.17, 15) is 10.1 Å². The lowest BCUT2D eigenvalue weighted by atomic mass is 10.4. The van der Waals surface area contributed by atoms with Crippen LogP contribution in [0.2, 0.25) is 0 Å².